The zero-order valence-electron chi connectivity index (χ0n) is 24.5. The zero-order chi connectivity index (χ0) is 29.9. The minimum Gasteiger partial charge on any atom is -0.493 e. The maximum absolute atomic E-state index is 12.8. The van der Waals surface area contributed by atoms with Crippen LogP contribution in [-0.4, -0.2) is 37.9 Å². The summed E-state index contributed by atoms with van der Waals surface area (Å²) in [4.78, 5) is 36.8. The molecule has 40 heavy (non-hydrogen) atoms. The maximum atomic E-state index is 12.8. The summed E-state index contributed by atoms with van der Waals surface area (Å²) in [5.74, 6) is 0.536. The lowest BCUT2D eigenvalue weighted by atomic mass is 9.97. The van der Waals surface area contributed by atoms with Gasteiger partial charge in [0.25, 0.3) is 0 Å². The highest BCUT2D eigenvalue weighted by Gasteiger charge is 2.24. The van der Waals surface area contributed by atoms with E-state index in [-0.39, 0.29) is 31.3 Å². The molecule has 0 aliphatic carbocycles. The van der Waals surface area contributed by atoms with Crippen LogP contribution in [0.4, 0.5) is 0 Å². The van der Waals surface area contributed by atoms with Crippen LogP contribution in [0.5, 0.6) is 17.2 Å². The molecule has 0 aromatic heterocycles. The standard InChI is InChI=1S/C32H40O8/c1-9-11-23-18-24(27(36-10-2)19-28(23)38-21-40-30(35)32(6,7)8)14-17-26(33)22-12-15-25(16-13-22)37-20-39-29(34)31(3,4)5/h9,12-19H,1,10-11,20-21H2,2-8H3. The molecule has 8 heteroatoms. The summed E-state index contributed by atoms with van der Waals surface area (Å²) < 4.78 is 27.3. The molecule has 0 fully saturated rings. The van der Waals surface area contributed by atoms with Gasteiger partial charge in [-0.15, -0.1) is 6.58 Å². The van der Waals surface area contributed by atoms with E-state index in [1.807, 2.05) is 13.0 Å². The van der Waals surface area contributed by atoms with Crippen molar-refractivity contribution in [3.63, 3.8) is 0 Å². The van der Waals surface area contributed by atoms with Gasteiger partial charge in [0, 0.05) is 17.2 Å². The summed E-state index contributed by atoms with van der Waals surface area (Å²) >= 11 is 0. The number of hydrogen-bond donors (Lipinski definition) is 0. The van der Waals surface area contributed by atoms with Gasteiger partial charge in [-0.25, -0.2) is 0 Å². The van der Waals surface area contributed by atoms with Crippen LogP contribution >= 0.6 is 0 Å². The third kappa shape index (κ3) is 9.91. The van der Waals surface area contributed by atoms with Gasteiger partial charge in [-0.3, -0.25) is 14.4 Å². The normalized spacial score (nSPS) is 11.6. The Kier molecular flexibility index (Phi) is 11.5. The number of allylic oxidation sites excluding steroid dienone is 2. The summed E-state index contributed by atoms with van der Waals surface area (Å²) in [7, 11) is 0. The molecule has 0 saturated heterocycles. The molecule has 2 aromatic carbocycles. The lowest BCUT2D eigenvalue weighted by Gasteiger charge is -2.18. The van der Waals surface area contributed by atoms with Crippen molar-refractivity contribution in [2.24, 2.45) is 10.8 Å². The first kappa shape index (κ1) is 32.1. The first-order chi connectivity index (χ1) is 18.8. The van der Waals surface area contributed by atoms with Gasteiger partial charge in [0.05, 0.1) is 17.4 Å². The van der Waals surface area contributed by atoms with Gasteiger partial charge in [-0.2, -0.15) is 0 Å². The van der Waals surface area contributed by atoms with Crippen LogP contribution in [0.1, 0.15) is 70.0 Å². The molecule has 0 saturated carbocycles. The second-order valence-electron chi connectivity index (χ2n) is 11.0. The molecule has 2 rings (SSSR count). The number of carbonyl (C=O) groups excluding carboxylic acids is 3. The molecule has 8 nitrogen and oxygen atoms in total. The van der Waals surface area contributed by atoms with Crippen LogP contribution in [0.2, 0.25) is 0 Å². The van der Waals surface area contributed by atoms with Crippen LogP contribution in [0, 0.1) is 10.8 Å². The Morgan fingerprint density at radius 2 is 1.38 bits per heavy atom. The SMILES string of the molecule is C=CCc1cc(C=CC(=O)c2ccc(OCOC(=O)C(C)(C)C)cc2)c(OCC)cc1OCOC(=O)C(C)(C)C. The molecule has 0 aliphatic heterocycles. The minimum absolute atomic E-state index is 0.213. The molecule has 0 spiro atoms. The summed E-state index contributed by atoms with van der Waals surface area (Å²) in [6, 6.07) is 10.1. The fraction of sp³-hybridized carbons (Fsp3) is 0.406. The molecule has 0 bridgehead atoms. The van der Waals surface area contributed by atoms with E-state index in [1.165, 1.54) is 6.08 Å². The van der Waals surface area contributed by atoms with Gasteiger partial charge >= 0.3 is 11.9 Å². The third-order valence-corrected chi connectivity index (χ3v) is 5.45. The van der Waals surface area contributed by atoms with Crippen LogP contribution in [0.3, 0.4) is 0 Å². The van der Waals surface area contributed by atoms with Gasteiger partial charge in [-0.05, 0) is 103 Å². The molecular formula is C32H40O8. The van der Waals surface area contributed by atoms with E-state index in [0.717, 1.165) is 5.56 Å². The Hall–Kier alpha value is -4.07. The molecule has 0 aliphatic rings. The molecule has 0 atom stereocenters. The smallest absolute Gasteiger partial charge is 0.314 e. The van der Waals surface area contributed by atoms with Crippen molar-refractivity contribution >= 4 is 23.8 Å². The lowest BCUT2D eigenvalue weighted by molar-refractivity contribution is -0.160. The molecule has 0 amide bonds. The highest BCUT2D eigenvalue weighted by atomic mass is 16.7. The number of carbonyl (C=O) groups is 3. The van der Waals surface area contributed by atoms with Gasteiger partial charge in [0.15, 0.2) is 5.78 Å². The molecule has 0 heterocycles. The average molecular weight is 553 g/mol. The number of benzene rings is 2. The molecule has 0 N–H and O–H groups in total. The molecule has 0 radical (unpaired) electrons. The number of ketones is 1. The predicted molar refractivity (Wildman–Crippen MR) is 153 cm³/mol. The maximum Gasteiger partial charge on any atom is 0.314 e. The van der Waals surface area contributed by atoms with Gasteiger partial charge in [0.2, 0.25) is 13.6 Å². The summed E-state index contributed by atoms with van der Waals surface area (Å²) in [6.45, 7) is 16.2. The Morgan fingerprint density at radius 3 is 1.90 bits per heavy atom. The Bertz CT molecular complexity index is 1210. The molecule has 2 aromatic rings. The fourth-order valence-corrected chi connectivity index (χ4v) is 3.19. The summed E-state index contributed by atoms with van der Waals surface area (Å²) in [5, 5.41) is 0. The van der Waals surface area contributed by atoms with Crippen LogP contribution in [-0.2, 0) is 25.5 Å². The van der Waals surface area contributed by atoms with Crippen molar-refractivity contribution in [3.05, 3.63) is 71.8 Å². The topological polar surface area (TPSA) is 97.4 Å². The number of hydrogen-bond acceptors (Lipinski definition) is 8. The number of esters is 2. The van der Waals surface area contributed by atoms with E-state index < -0.39 is 10.8 Å². The third-order valence-electron chi connectivity index (χ3n) is 5.45. The van der Waals surface area contributed by atoms with Crippen molar-refractivity contribution in [1.82, 2.24) is 0 Å². The van der Waals surface area contributed by atoms with Crippen molar-refractivity contribution in [2.45, 2.75) is 54.9 Å². The highest BCUT2D eigenvalue weighted by molar-refractivity contribution is 6.07. The van der Waals surface area contributed by atoms with E-state index in [4.69, 9.17) is 23.7 Å². The lowest BCUT2D eigenvalue weighted by Crippen LogP contribution is -2.24. The minimum atomic E-state index is -0.640. The molecule has 216 valence electrons. The van der Waals surface area contributed by atoms with Crippen LogP contribution in [0.25, 0.3) is 6.08 Å². The number of rotatable bonds is 13. The number of ether oxygens (including phenoxy) is 5. The Balaban J connectivity index is 2.14. The Labute approximate surface area is 236 Å². The first-order valence-electron chi connectivity index (χ1n) is 13.1. The zero-order valence-corrected chi connectivity index (χ0v) is 24.5. The van der Waals surface area contributed by atoms with E-state index in [1.54, 1.807) is 84.0 Å². The monoisotopic (exact) mass is 552 g/mol. The van der Waals surface area contributed by atoms with E-state index >= 15 is 0 Å². The fourth-order valence-electron chi connectivity index (χ4n) is 3.19. The molecule has 0 unspecified atom stereocenters. The first-order valence-corrected chi connectivity index (χ1v) is 13.1. The van der Waals surface area contributed by atoms with Gasteiger partial charge in [0.1, 0.15) is 17.2 Å². The van der Waals surface area contributed by atoms with E-state index in [9.17, 15) is 14.4 Å². The van der Waals surface area contributed by atoms with E-state index in [0.29, 0.717) is 41.4 Å². The highest BCUT2D eigenvalue weighted by Crippen LogP contribution is 2.32. The van der Waals surface area contributed by atoms with Crippen molar-refractivity contribution in [1.29, 1.82) is 0 Å². The van der Waals surface area contributed by atoms with Gasteiger partial charge < -0.3 is 23.7 Å². The Morgan fingerprint density at radius 1 is 0.800 bits per heavy atom. The largest absolute Gasteiger partial charge is 0.493 e. The quantitative estimate of drug-likeness (QED) is 0.0906. The van der Waals surface area contributed by atoms with Crippen LogP contribution in [0.15, 0.2) is 55.1 Å². The second kappa shape index (κ2) is 14.4. The van der Waals surface area contributed by atoms with Gasteiger partial charge in [-0.1, -0.05) is 6.08 Å². The van der Waals surface area contributed by atoms with E-state index in [2.05, 4.69) is 6.58 Å². The van der Waals surface area contributed by atoms with Crippen molar-refractivity contribution in [3.8, 4) is 17.2 Å². The van der Waals surface area contributed by atoms with Crippen molar-refractivity contribution in [2.75, 3.05) is 20.2 Å². The summed E-state index contributed by atoms with van der Waals surface area (Å²) in [5.41, 5.74) is 0.687. The average Bonchev–Trinajstić information content (AvgIpc) is 2.88. The second-order valence-corrected chi connectivity index (χ2v) is 11.0. The molecular weight excluding hydrogens is 512 g/mol. The van der Waals surface area contributed by atoms with Crippen molar-refractivity contribution < 1.29 is 38.1 Å². The van der Waals surface area contributed by atoms with Crippen LogP contribution < -0.4 is 14.2 Å². The predicted octanol–water partition coefficient (Wildman–Crippen LogP) is 6.56. The summed E-state index contributed by atoms with van der Waals surface area (Å²) in [6.07, 6.45) is 5.37.